The molecule has 0 fully saturated rings. The molecule has 1 aromatic rings. The predicted molar refractivity (Wildman–Crippen MR) is 48.7 cm³/mol. The van der Waals surface area contributed by atoms with Gasteiger partial charge in [0.1, 0.15) is 0 Å². The van der Waals surface area contributed by atoms with Crippen LogP contribution >= 0.6 is 0 Å². The Bertz CT molecular complexity index is 246. The van der Waals surface area contributed by atoms with Crippen LogP contribution in [-0.2, 0) is 9.53 Å². The van der Waals surface area contributed by atoms with Crippen molar-refractivity contribution in [1.82, 2.24) is 0 Å². The first-order chi connectivity index (χ1) is 5.83. The Balaban J connectivity index is 2.38. The molecular weight excluding hydrogens is 151 g/mol. The van der Waals surface area contributed by atoms with Gasteiger partial charge in [0.25, 0.3) is 5.97 Å². The van der Waals surface area contributed by atoms with Gasteiger partial charge in [-0.3, -0.25) is 4.79 Å². The Labute approximate surface area is 72.8 Å². The van der Waals surface area contributed by atoms with Gasteiger partial charge in [-0.25, -0.2) is 0 Å². The van der Waals surface area contributed by atoms with Gasteiger partial charge >= 0.3 is 0 Å². The maximum Gasteiger partial charge on any atom is 0.297 e. The summed E-state index contributed by atoms with van der Waals surface area (Å²) in [5.41, 5.74) is 1.04. The average molecular weight is 161 g/mol. The number of ether oxygens (including phenoxy) is 1. The first-order valence-corrected chi connectivity index (χ1v) is 3.78. The van der Waals surface area contributed by atoms with E-state index in [1.807, 2.05) is 37.6 Å². The molecule has 0 heterocycles. The van der Waals surface area contributed by atoms with E-state index in [0.717, 1.165) is 5.46 Å². The normalized spacial score (nSPS) is 9.08. The van der Waals surface area contributed by atoms with E-state index in [1.165, 1.54) is 7.11 Å². The maximum atomic E-state index is 10.7. The third kappa shape index (κ3) is 2.78. The fourth-order valence-electron chi connectivity index (χ4n) is 0.874. The van der Waals surface area contributed by atoms with Crippen molar-refractivity contribution >= 4 is 18.7 Å². The van der Waals surface area contributed by atoms with Gasteiger partial charge < -0.3 is 4.74 Å². The van der Waals surface area contributed by atoms with E-state index >= 15 is 0 Å². The Morgan fingerprint density at radius 1 is 1.42 bits per heavy atom. The van der Waals surface area contributed by atoms with Gasteiger partial charge in [0, 0.05) is 6.32 Å². The summed E-state index contributed by atoms with van der Waals surface area (Å²) in [6, 6.07) is 9.70. The fraction of sp³-hybridized carbons (Fsp3) is 0.222. The molecule has 1 radical (unpaired) electrons. The van der Waals surface area contributed by atoms with E-state index in [1.54, 1.807) is 0 Å². The van der Waals surface area contributed by atoms with Crippen LogP contribution in [-0.4, -0.2) is 20.4 Å². The van der Waals surface area contributed by atoms with Crippen LogP contribution in [0.4, 0.5) is 0 Å². The fourth-order valence-corrected chi connectivity index (χ4v) is 0.874. The largest absolute Gasteiger partial charge is 0.470 e. The molecule has 1 aromatic carbocycles. The van der Waals surface area contributed by atoms with Gasteiger partial charge in [-0.05, 0) is 0 Å². The van der Waals surface area contributed by atoms with Crippen molar-refractivity contribution in [2.75, 3.05) is 7.11 Å². The molecule has 2 nitrogen and oxygen atoms in total. The maximum absolute atomic E-state index is 10.7. The lowest BCUT2D eigenvalue weighted by Crippen LogP contribution is -2.17. The smallest absolute Gasteiger partial charge is 0.297 e. The minimum Gasteiger partial charge on any atom is -0.470 e. The quantitative estimate of drug-likeness (QED) is 0.479. The Kier molecular flexibility index (Phi) is 3.39. The standard InChI is InChI=1S/C9H10BO2/c1-12-9(11)7-10-8-5-3-2-4-6-8/h2-6H,7H2,1H3. The summed E-state index contributed by atoms with van der Waals surface area (Å²) in [5.74, 6) is -0.209. The number of hydrogen-bond donors (Lipinski definition) is 0. The lowest BCUT2D eigenvalue weighted by molar-refractivity contribution is -0.137. The van der Waals surface area contributed by atoms with E-state index in [4.69, 9.17) is 0 Å². The zero-order valence-corrected chi connectivity index (χ0v) is 6.99. The summed E-state index contributed by atoms with van der Waals surface area (Å²) in [6.07, 6.45) is 0.334. The van der Waals surface area contributed by atoms with Crippen molar-refractivity contribution in [2.24, 2.45) is 0 Å². The van der Waals surface area contributed by atoms with E-state index in [9.17, 15) is 4.79 Å². The Morgan fingerprint density at radius 2 is 2.08 bits per heavy atom. The van der Waals surface area contributed by atoms with Gasteiger partial charge in [0.2, 0.25) is 0 Å². The molecule has 0 spiro atoms. The van der Waals surface area contributed by atoms with Gasteiger partial charge in [0.05, 0.1) is 7.11 Å². The van der Waals surface area contributed by atoms with E-state index in [-0.39, 0.29) is 5.97 Å². The summed E-state index contributed by atoms with van der Waals surface area (Å²) >= 11 is 0. The van der Waals surface area contributed by atoms with Crippen molar-refractivity contribution in [1.29, 1.82) is 0 Å². The van der Waals surface area contributed by atoms with Gasteiger partial charge in [-0.2, -0.15) is 0 Å². The number of rotatable bonds is 3. The highest BCUT2D eigenvalue weighted by Crippen LogP contribution is 1.86. The van der Waals surface area contributed by atoms with E-state index in [0.29, 0.717) is 6.32 Å². The highest BCUT2D eigenvalue weighted by atomic mass is 16.5. The first-order valence-electron chi connectivity index (χ1n) is 3.78. The van der Waals surface area contributed by atoms with E-state index in [2.05, 4.69) is 4.74 Å². The molecule has 0 saturated carbocycles. The molecule has 0 N–H and O–H groups in total. The van der Waals surface area contributed by atoms with Crippen molar-refractivity contribution in [3.63, 3.8) is 0 Å². The molecule has 1 rings (SSSR count). The monoisotopic (exact) mass is 161 g/mol. The number of benzene rings is 1. The molecule has 0 aliphatic heterocycles. The van der Waals surface area contributed by atoms with Crippen LogP contribution in [0.1, 0.15) is 0 Å². The average Bonchev–Trinajstić information content (AvgIpc) is 2.16. The third-order valence-electron chi connectivity index (χ3n) is 1.53. The number of esters is 1. The number of carbonyl (C=O) groups excluding carboxylic acids is 1. The summed E-state index contributed by atoms with van der Waals surface area (Å²) in [6.45, 7) is 0. The SMILES string of the molecule is COC(=O)C[B]c1ccccc1. The molecular formula is C9H10BO2. The van der Waals surface area contributed by atoms with Crippen LogP contribution in [0.3, 0.4) is 0 Å². The number of carbonyl (C=O) groups is 1. The number of hydrogen-bond acceptors (Lipinski definition) is 2. The van der Waals surface area contributed by atoms with Crippen LogP contribution in [0, 0.1) is 0 Å². The van der Waals surface area contributed by atoms with Crippen molar-refractivity contribution in [3.05, 3.63) is 30.3 Å². The second kappa shape index (κ2) is 4.60. The lowest BCUT2D eigenvalue weighted by Gasteiger charge is -1.97. The zero-order chi connectivity index (χ0) is 8.81. The molecule has 0 atom stereocenters. The second-order valence-electron chi connectivity index (χ2n) is 2.40. The second-order valence-corrected chi connectivity index (χ2v) is 2.40. The summed E-state index contributed by atoms with van der Waals surface area (Å²) in [5, 5.41) is 0. The molecule has 61 valence electrons. The topological polar surface area (TPSA) is 26.3 Å². The van der Waals surface area contributed by atoms with Crippen molar-refractivity contribution < 1.29 is 9.53 Å². The Morgan fingerprint density at radius 3 is 2.67 bits per heavy atom. The van der Waals surface area contributed by atoms with E-state index < -0.39 is 0 Å². The minimum atomic E-state index is -0.209. The molecule has 0 saturated heterocycles. The Hall–Kier alpha value is -1.25. The third-order valence-corrected chi connectivity index (χ3v) is 1.53. The van der Waals surface area contributed by atoms with Gasteiger partial charge in [-0.1, -0.05) is 35.8 Å². The van der Waals surface area contributed by atoms with Crippen LogP contribution < -0.4 is 5.46 Å². The van der Waals surface area contributed by atoms with Crippen LogP contribution in [0.5, 0.6) is 0 Å². The highest BCUT2D eigenvalue weighted by molar-refractivity contribution is 6.56. The first kappa shape index (κ1) is 8.85. The van der Waals surface area contributed by atoms with Crippen LogP contribution in [0.15, 0.2) is 30.3 Å². The summed E-state index contributed by atoms with van der Waals surface area (Å²) < 4.78 is 4.50. The van der Waals surface area contributed by atoms with Crippen LogP contribution in [0.2, 0.25) is 6.32 Å². The molecule has 0 amide bonds. The summed E-state index contributed by atoms with van der Waals surface area (Å²) in [4.78, 5) is 10.7. The molecule has 0 aliphatic rings. The predicted octanol–water partition coefficient (Wildman–Crippen LogP) is 0.607. The zero-order valence-electron chi connectivity index (χ0n) is 6.99. The minimum absolute atomic E-state index is 0.209. The number of methoxy groups -OCH3 is 1. The lowest BCUT2D eigenvalue weighted by atomic mass is 9.67. The molecule has 12 heavy (non-hydrogen) atoms. The molecule has 0 unspecified atom stereocenters. The van der Waals surface area contributed by atoms with Gasteiger partial charge in [-0.15, -0.1) is 0 Å². The highest BCUT2D eigenvalue weighted by Gasteiger charge is 2.01. The summed E-state index contributed by atoms with van der Waals surface area (Å²) in [7, 11) is 3.23. The molecule has 0 aliphatic carbocycles. The molecule has 0 aromatic heterocycles. The molecule has 0 bridgehead atoms. The van der Waals surface area contributed by atoms with Gasteiger partial charge in [0.15, 0.2) is 7.28 Å². The van der Waals surface area contributed by atoms with Crippen molar-refractivity contribution in [3.8, 4) is 0 Å². The van der Waals surface area contributed by atoms with Crippen molar-refractivity contribution in [2.45, 2.75) is 6.32 Å². The van der Waals surface area contributed by atoms with Crippen LogP contribution in [0.25, 0.3) is 0 Å². The molecule has 3 heteroatoms.